The molecule has 0 aromatic heterocycles. The molecule has 1 aromatic rings. The molecule has 1 aromatic carbocycles. The van der Waals surface area contributed by atoms with E-state index in [4.69, 9.17) is 9.84 Å². The maximum Gasteiger partial charge on any atom is 0.260 e. The summed E-state index contributed by atoms with van der Waals surface area (Å²) in [5.74, 6) is 0.547. The molecule has 0 fully saturated rings. The molecule has 1 atom stereocenters. The van der Waals surface area contributed by atoms with E-state index in [9.17, 15) is 4.79 Å². The summed E-state index contributed by atoms with van der Waals surface area (Å²) >= 11 is 0. The normalized spacial score (nSPS) is 12.1. The predicted molar refractivity (Wildman–Crippen MR) is 70.7 cm³/mol. The number of nitrogens with zero attached hydrogens (tertiary/aromatic N) is 1. The molecular weight excluding hydrogens is 230 g/mol. The first kappa shape index (κ1) is 14.5. The number of aliphatic hydroxyl groups excluding tert-OH is 1. The van der Waals surface area contributed by atoms with Gasteiger partial charge in [-0.2, -0.15) is 0 Å². The standard InChI is InChI=1S/C14H21NO3/c1-10-5-6-13(7-11(10)2)18-9-14(17)15(4)12(3)8-16/h5-7,12,16H,8-9H2,1-4H3. The first-order valence-corrected chi connectivity index (χ1v) is 6.02. The third kappa shape index (κ3) is 3.74. The Balaban J connectivity index is 2.54. The number of hydrogen-bond acceptors (Lipinski definition) is 3. The SMILES string of the molecule is Cc1ccc(OCC(=O)N(C)C(C)CO)cc1C. The molecule has 100 valence electrons. The molecule has 4 nitrogen and oxygen atoms in total. The van der Waals surface area contributed by atoms with Crippen molar-refractivity contribution in [1.29, 1.82) is 0 Å². The van der Waals surface area contributed by atoms with Crippen molar-refractivity contribution < 1.29 is 14.6 Å². The van der Waals surface area contributed by atoms with Crippen molar-refractivity contribution in [3.63, 3.8) is 0 Å². The lowest BCUT2D eigenvalue weighted by Gasteiger charge is -2.23. The first-order valence-electron chi connectivity index (χ1n) is 6.02. The van der Waals surface area contributed by atoms with E-state index in [1.807, 2.05) is 32.0 Å². The molecule has 4 heteroatoms. The molecule has 0 spiro atoms. The van der Waals surface area contributed by atoms with Gasteiger partial charge in [0, 0.05) is 7.05 Å². The fourth-order valence-corrected chi connectivity index (χ4v) is 1.42. The van der Waals surface area contributed by atoms with E-state index in [0.717, 1.165) is 5.56 Å². The van der Waals surface area contributed by atoms with Gasteiger partial charge in [0.05, 0.1) is 12.6 Å². The second kappa shape index (κ2) is 6.40. The van der Waals surface area contributed by atoms with Gasteiger partial charge >= 0.3 is 0 Å². The Kier molecular flexibility index (Phi) is 5.16. The molecule has 0 saturated heterocycles. The number of carbonyl (C=O) groups is 1. The molecular formula is C14H21NO3. The second-order valence-electron chi connectivity index (χ2n) is 4.57. The molecule has 0 radical (unpaired) electrons. The minimum absolute atomic E-state index is 0.0106. The largest absolute Gasteiger partial charge is 0.484 e. The molecule has 0 aliphatic carbocycles. The zero-order valence-electron chi connectivity index (χ0n) is 11.4. The van der Waals surface area contributed by atoms with E-state index in [1.165, 1.54) is 10.5 Å². The number of aliphatic hydroxyl groups is 1. The highest BCUT2D eigenvalue weighted by Gasteiger charge is 2.15. The molecule has 0 heterocycles. The van der Waals surface area contributed by atoms with Crippen LogP contribution in [0.15, 0.2) is 18.2 Å². The van der Waals surface area contributed by atoms with Gasteiger partial charge in [-0.15, -0.1) is 0 Å². The van der Waals surface area contributed by atoms with Crippen LogP contribution in [0.1, 0.15) is 18.1 Å². The highest BCUT2D eigenvalue weighted by Crippen LogP contribution is 2.16. The van der Waals surface area contributed by atoms with Crippen LogP contribution >= 0.6 is 0 Å². The topological polar surface area (TPSA) is 49.8 Å². The molecule has 1 amide bonds. The molecule has 0 aliphatic rings. The average Bonchev–Trinajstić information content (AvgIpc) is 2.37. The zero-order valence-corrected chi connectivity index (χ0v) is 11.4. The minimum atomic E-state index is -0.194. The summed E-state index contributed by atoms with van der Waals surface area (Å²) in [7, 11) is 1.66. The Morgan fingerprint density at radius 2 is 2.06 bits per heavy atom. The van der Waals surface area contributed by atoms with Gasteiger partial charge in [0.1, 0.15) is 5.75 Å². The third-order valence-electron chi connectivity index (χ3n) is 3.16. The summed E-state index contributed by atoms with van der Waals surface area (Å²) < 4.78 is 5.45. The molecule has 0 aliphatic heterocycles. The molecule has 0 bridgehead atoms. The Hall–Kier alpha value is -1.55. The molecule has 1 N–H and O–H groups in total. The highest BCUT2D eigenvalue weighted by molar-refractivity contribution is 5.77. The third-order valence-corrected chi connectivity index (χ3v) is 3.16. The van der Waals surface area contributed by atoms with Crippen molar-refractivity contribution in [2.45, 2.75) is 26.8 Å². The summed E-state index contributed by atoms with van der Waals surface area (Å²) in [6.07, 6.45) is 0. The summed E-state index contributed by atoms with van der Waals surface area (Å²) in [6.45, 7) is 5.76. The van der Waals surface area contributed by atoms with Gasteiger partial charge in [-0.25, -0.2) is 0 Å². The van der Waals surface area contributed by atoms with Crippen molar-refractivity contribution in [2.75, 3.05) is 20.3 Å². The lowest BCUT2D eigenvalue weighted by atomic mass is 10.1. The number of carbonyl (C=O) groups excluding carboxylic acids is 1. The van der Waals surface area contributed by atoms with E-state index in [2.05, 4.69) is 0 Å². The van der Waals surface area contributed by atoms with Crippen LogP contribution in [0, 0.1) is 13.8 Å². The Bertz CT molecular complexity index is 418. The maximum absolute atomic E-state index is 11.8. The van der Waals surface area contributed by atoms with Crippen molar-refractivity contribution in [3.8, 4) is 5.75 Å². The fourth-order valence-electron chi connectivity index (χ4n) is 1.42. The smallest absolute Gasteiger partial charge is 0.260 e. The average molecular weight is 251 g/mol. The number of amides is 1. The van der Waals surface area contributed by atoms with E-state index in [-0.39, 0.29) is 25.2 Å². The lowest BCUT2D eigenvalue weighted by Crippen LogP contribution is -2.40. The van der Waals surface area contributed by atoms with E-state index in [1.54, 1.807) is 14.0 Å². The van der Waals surface area contributed by atoms with Crippen LogP contribution < -0.4 is 4.74 Å². The number of hydrogen-bond donors (Lipinski definition) is 1. The van der Waals surface area contributed by atoms with Gasteiger partial charge < -0.3 is 14.7 Å². The monoisotopic (exact) mass is 251 g/mol. The summed E-state index contributed by atoms with van der Waals surface area (Å²) in [5.41, 5.74) is 2.33. The van der Waals surface area contributed by atoms with Crippen LogP contribution in [0.5, 0.6) is 5.75 Å². The molecule has 1 unspecified atom stereocenters. The van der Waals surface area contributed by atoms with E-state index in [0.29, 0.717) is 5.75 Å². The maximum atomic E-state index is 11.8. The Morgan fingerprint density at radius 3 is 2.61 bits per heavy atom. The Labute approximate surface area is 108 Å². The number of likely N-dealkylation sites (N-methyl/N-ethyl adjacent to an activating group) is 1. The van der Waals surface area contributed by atoms with Gasteiger partial charge in [-0.3, -0.25) is 4.79 Å². The van der Waals surface area contributed by atoms with Crippen LogP contribution in [0.4, 0.5) is 0 Å². The van der Waals surface area contributed by atoms with Crippen LogP contribution in [0.25, 0.3) is 0 Å². The van der Waals surface area contributed by atoms with Crippen molar-refractivity contribution >= 4 is 5.91 Å². The van der Waals surface area contributed by atoms with E-state index >= 15 is 0 Å². The van der Waals surface area contributed by atoms with Gasteiger partial charge in [-0.1, -0.05) is 6.07 Å². The predicted octanol–water partition coefficient (Wildman–Crippen LogP) is 1.52. The number of benzene rings is 1. The summed E-state index contributed by atoms with van der Waals surface area (Å²) in [5, 5.41) is 8.97. The number of rotatable bonds is 5. The van der Waals surface area contributed by atoms with Gasteiger partial charge in [0.2, 0.25) is 0 Å². The fraction of sp³-hybridized carbons (Fsp3) is 0.500. The van der Waals surface area contributed by atoms with E-state index < -0.39 is 0 Å². The van der Waals surface area contributed by atoms with Crippen LogP contribution in [0.3, 0.4) is 0 Å². The Morgan fingerprint density at radius 1 is 1.39 bits per heavy atom. The number of aryl methyl sites for hydroxylation is 2. The van der Waals surface area contributed by atoms with Gasteiger partial charge in [0.15, 0.2) is 6.61 Å². The van der Waals surface area contributed by atoms with Gasteiger partial charge in [0.25, 0.3) is 5.91 Å². The first-order chi connectivity index (χ1) is 8.45. The lowest BCUT2D eigenvalue weighted by molar-refractivity contribution is -0.134. The quantitative estimate of drug-likeness (QED) is 0.863. The summed E-state index contributed by atoms with van der Waals surface area (Å²) in [6, 6.07) is 5.54. The molecule has 1 rings (SSSR count). The molecule has 0 saturated carbocycles. The number of ether oxygens (including phenoxy) is 1. The highest BCUT2D eigenvalue weighted by atomic mass is 16.5. The van der Waals surface area contributed by atoms with Crippen molar-refractivity contribution in [2.24, 2.45) is 0 Å². The second-order valence-corrected chi connectivity index (χ2v) is 4.57. The minimum Gasteiger partial charge on any atom is -0.484 e. The van der Waals surface area contributed by atoms with Crippen LogP contribution in [-0.4, -0.2) is 42.2 Å². The van der Waals surface area contributed by atoms with Crippen LogP contribution in [0.2, 0.25) is 0 Å². The molecule has 18 heavy (non-hydrogen) atoms. The van der Waals surface area contributed by atoms with Gasteiger partial charge in [-0.05, 0) is 44.0 Å². The zero-order chi connectivity index (χ0) is 13.7. The van der Waals surface area contributed by atoms with Crippen molar-refractivity contribution in [3.05, 3.63) is 29.3 Å². The van der Waals surface area contributed by atoms with Crippen molar-refractivity contribution in [1.82, 2.24) is 4.90 Å². The summed E-state index contributed by atoms with van der Waals surface area (Å²) in [4.78, 5) is 13.2. The van der Waals surface area contributed by atoms with Crippen LogP contribution in [-0.2, 0) is 4.79 Å².